The summed E-state index contributed by atoms with van der Waals surface area (Å²) in [6.07, 6.45) is 1.46. The van der Waals surface area contributed by atoms with Crippen LogP contribution in [0.15, 0.2) is 48.7 Å². The molecule has 16 heavy (non-hydrogen) atoms. The second-order valence-electron chi connectivity index (χ2n) is 3.07. The SMILES string of the molecule is O=C(Oc1ccccc1)c1ccnc(Cl)c1. The van der Waals surface area contributed by atoms with E-state index >= 15 is 0 Å². The molecule has 0 aliphatic carbocycles. The molecule has 1 heterocycles. The average molecular weight is 234 g/mol. The van der Waals surface area contributed by atoms with Crippen LogP contribution in [0.1, 0.15) is 10.4 Å². The van der Waals surface area contributed by atoms with Gasteiger partial charge in [-0.25, -0.2) is 9.78 Å². The molecular weight excluding hydrogens is 226 g/mol. The molecule has 0 amide bonds. The zero-order valence-corrected chi connectivity index (χ0v) is 9.02. The third kappa shape index (κ3) is 2.58. The number of pyridine rings is 1. The van der Waals surface area contributed by atoms with Crippen LogP contribution in [-0.4, -0.2) is 11.0 Å². The number of hydrogen-bond acceptors (Lipinski definition) is 3. The predicted molar refractivity (Wildman–Crippen MR) is 60.6 cm³/mol. The van der Waals surface area contributed by atoms with E-state index in [2.05, 4.69) is 4.98 Å². The minimum atomic E-state index is -0.449. The smallest absolute Gasteiger partial charge is 0.343 e. The molecule has 0 saturated heterocycles. The first-order valence-corrected chi connectivity index (χ1v) is 5.02. The number of nitrogens with zero attached hydrogens (tertiary/aromatic N) is 1. The topological polar surface area (TPSA) is 39.2 Å². The Labute approximate surface area is 97.7 Å². The van der Waals surface area contributed by atoms with E-state index in [0.717, 1.165) is 0 Å². The summed E-state index contributed by atoms with van der Waals surface area (Å²) in [4.78, 5) is 15.4. The van der Waals surface area contributed by atoms with Crippen molar-refractivity contribution >= 4 is 17.6 Å². The Balaban J connectivity index is 2.15. The predicted octanol–water partition coefficient (Wildman–Crippen LogP) is 2.95. The van der Waals surface area contributed by atoms with Gasteiger partial charge in [0, 0.05) is 6.20 Å². The van der Waals surface area contributed by atoms with Gasteiger partial charge in [0.25, 0.3) is 0 Å². The summed E-state index contributed by atoms with van der Waals surface area (Å²) in [6, 6.07) is 11.9. The molecule has 0 aliphatic rings. The summed E-state index contributed by atoms with van der Waals surface area (Å²) in [5.74, 6) is 0.0518. The first-order chi connectivity index (χ1) is 7.75. The summed E-state index contributed by atoms with van der Waals surface area (Å²) in [7, 11) is 0. The zero-order valence-electron chi connectivity index (χ0n) is 8.26. The van der Waals surface area contributed by atoms with Crippen LogP contribution in [0.2, 0.25) is 5.15 Å². The Morgan fingerprint density at radius 2 is 1.94 bits per heavy atom. The Hall–Kier alpha value is -1.87. The Morgan fingerprint density at radius 3 is 2.62 bits per heavy atom. The summed E-state index contributed by atoms with van der Waals surface area (Å²) >= 11 is 5.67. The number of halogens is 1. The van der Waals surface area contributed by atoms with Crippen molar-refractivity contribution in [1.29, 1.82) is 0 Å². The van der Waals surface area contributed by atoms with Gasteiger partial charge in [-0.1, -0.05) is 29.8 Å². The van der Waals surface area contributed by atoms with Gasteiger partial charge in [0.05, 0.1) is 5.56 Å². The van der Waals surface area contributed by atoms with Crippen LogP contribution < -0.4 is 4.74 Å². The molecule has 1 aromatic carbocycles. The molecule has 3 nitrogen and oxygen atoms in total. The number of esters is 1. The minimum Gasteiger partial charge on any atom is -0.423 e. The largest absolute Gasteiger partial charge is 0.423 e. The third-order valence-corrected chi connectivity index (χ3v) is 2.12. The number of carbonyl (C=O) groups excluding carboxylic acids is 1. The van der Waals surface area contributed by atoms with Crippen LogP contribution in [0.5, 0.6) is 5.75 Å². The van der Waals surface area contributed by atoms with E-state index in [1.807, 2.05) is 6.07 Å². The Kier molecular flexibility index (Phi) is 3.17. The van der Waals surface area contributed by atoms with Crippen molar-refractivity contribution in [3.8, 4) is 5.75 Å². The molecular formula is C12H8ClNO2. The van der Waals surface area contributed by atoms with Gasteiger partial charge in [-0.2, -0.15) is 0 Å². The summed E-state index contributed by atoms with van der Waals surface area (Å²) in [6.45, 7) is 0. The highest BCUT2D eigenvalue weighted by molar-refractivity contribution is 6.29. The number of aromatic nitrogens is 1. The Morgan fingerprint density at radius 1 is 1.19 bits per heavy atom. The van der Waals surface area contributed by atoms with E-state index in [4.69, 9.17) is 16.3 Å². The van der Waals surface area contributed by atoms with Gasteiger partial charge in [0.15, 0.2) is 0 Å². The first-order valence-electron chi connectivity index (χ1n) is 4.64. The second kappa shape index (κ2) is 4.77. The standard InChI is InChI=1S/C12H8ClNO2/c13-11-8-9(6-7-14-11)12(15)16-10-4-2-1-3-5-10/h1-8H. The lowest BCUT2D eigenvalue weighted by molar-refractivity contribution is 0.0734. The highest BCUT2D eigenvalue weighted by atomic mass is 35.5. The van der Waals surface area contributed by atoms with Crippen molar-refractivity contribution in [2.75, 3.05) is 0 Å². The van der Waals surface area contributed by atoms with Gasteiger partial charge >= 0.3 is 5.97 Å². The lowest BCUT2D eigenvalue weighted by Gasteiger charge is -2.03. The fourth-order valence-electron chi connectivity index (χ4n) is 1.18. The monoisotopic (exact) mass is 233 g/mol. The fourth-order valence-corrected chi connectivity index (χ4v) is 1.36. The molecule has 0 spiro atoms. The van der Waals surface area contributed by atoms with E-state index < -0.39 is 5.97 Å². The van der Waals surface area contributed by atoms with Crippen molar-refractivity contribution in [2.24, 2.45) is 0 Å². The van der Waals surface area contributed by atoms with Crippen LogP contribution in [0.3, 0.4) is 0 Å². The summed E-state index contributed by atoms with van der Waals surface area (Å²) in [5.41, 5.74) is 0.379. The van der Waals surface area contributed by atoms with E-state index in [0.29, 0.717) is 11.3 Å². The molecule has 0 saturated carbocycles. The van der Waals surface area contributed by atoms with Crippen LogP contribution in [0.4, 0.5) is 0 Å². The normalized spacial score (nSPS) is 9.81. The average Bonchev–Trinajstić information content (AvgIpc) is 2.30. The molecule has 2 rings (SSSR count). The number of carbonyl (C=O) groups is 1. The number of para-hydroxylation sites is 1. The van der Waals surface area contributed by atoms with Gasteiger partial charge in [0.1, 0.15) is 10.9 Å². The number of rotatable bonds is 2. The summed E-state index contributed by atoms with van der Waals surface area (Å²) in [5, 5.41) is 0.266. The van der Waals surface area contributed by atoms with Gasteiger partial charge in [-0.05, 0) is 24.3 Å². The molecule has 80 valence electrons. The number of ether oxygens (including phenoxy) is 1. The number of hydrogen-bond donors (Lipinski definition) is 0. The maximum Gasteiger partial charge on any atom is 0.343 e. The van der Waals surface area contributed by atoms with Crippen molar-refractivity contribution in [2.45, 2.75) is 0 Å². The molecule has 4 heteroatoms. The fraction of sp³-hybridized carbons (Fsp3) is 0. The lowest BCUT2D eigenvalue weighted by Crippen LogP contribution is -2.08. The van der Waals surface area contributed by atoms with Crippen molar-refractivity contribution in [1.82, 2.24) is 4.98 Å². The lowest BCUT2D eigenvalue weighted by atomic mass is 10.3. The van der Waals surface area contributed by atoms with Gasteiger partial charge in [-0.3, -0.25) is 0 Å². The second-order valence-corrected chi connectivity index (χ2v) is 3.46. The van der Waals surface area contributed by atoms with Gasteiger partial charge in [0.2, 0.25) is 0 Å². The maximum atomic E-state index is 11.7. The van der Waals surface area contributed by atoms with E-state index in [1.165, 1.54) is 12.3 Å². The minimum absolute atomic E-state index is 0.266. The first kappa shape index (κ1) is 10.6. The van der Waals surface area contributed by atoms with E-state index in [1.54, 1.807) is 30.3 Å². The van der Waals surface area contributed by atoms with Gasteiger partial charge < -0.3 is 4.74 Å². The highest BCUT2D eigenvalue weighted by Gasteiger charge is 2.08. The molecule has 2 aromatic rings. The van der Waals surface area contributed by atoms with Crippen LogP contribution in [0.25, 0.3) is 0 Å². The summed E-state index contributed by atoms with van der Waals surface area (Å²) < 4.78 is 5.13. The van der Waals surface area contributed by atoms with Crippen LogP contribution in [-0.2, 0) is 0 Å². The van der Waals surface area contributed by atoms with Gasteiger partial charge in [-0.15, -0.1) is 0 Å². The molecule has 0 radical (unpaired) electrons. The van der Waals surface area contributed by atoms with Crippen molar-refractivity contribution in [3.05, 3.63) is 59.4 Å². The van der Waals surface area contributed by atoms with Crippen LogP contribution in [0, 0.1) is 0 Å². The van der Waals surface area contributed by atoms with Crippen LogP contribution >= 0.6 is 11.6 Å². The molecule has 0 atom stereocenters. The van der Waals surface area contributed by atoms with Crippen molar-refractivity contribution < 1.29 is 9.53 Å². The maximum absolute atomic E-state index is 11.7. The molecule has 0 unspecified atom stereocenters. The van der Waals surface area contributed by atoms with E-state index in [-0.39, 0.29) is 5.15 Å². The molecule has 0 N–H and O–H groups in total. The quantitative estimate of drug-likeness (QED) is 0.455. The van der Waals surface area contributed by atoms with Crippen molar-refractivity contribution in [3.63, 3.8) is 0 Å². The molecule has 1 aromatic heterocycles. The Bertz CT molecular complexity index is 499. The molecule has 0 fully saturated rings. The highest BCUT2D eigenvalue weighted by Crippen LogP contribution is 2.13. The zero-order chi connectivity index (χ0) is 11.4. The number of benzene rings is 1. The molecule has 0 bridgehead atoms. The molecule has 0 aliphatic heterocycles. The third-order valence-electron chi connectivity index (χ3n) is 1.92. The van der Waals surface area contributed by atoms with E-state index in [9.17, 15) is 4.79 Å².